The van der Waals surface area contributed by atoms with Crippen molar-refractivity contribution >= 4 is 31.8 Å². The van der Waals surface area contributed by atoms with Gasteiger partial charge in [-0.3, -0.25) is 4.98 Å². The maximum atomic E-state index is 4.35. The lowest BCUT2D eigenvalue weighted by atomic mass is 10.4. The van der Waals surface area contributed by atoms with Crippen LogP contribution in [0.15, 0.2) is 46.6 Å². The fourth-order valence-corrected chi connectivity index (χ4v) is 3.74. The van der Waals surface area contributed by atoms with Gasteiger partial charge in [0.15, 0.2) is 9.52 Å². The molecule has 0 N–H and O–H groups in total. The SMILES string of the molecule is c1ccc2c(c1)[Si]c1nccnc1S2. The van der Waals surface area contributed by atoms with E-state index in [2.05, 4.69) is 34.2 Å². The Balaban J connectivity index is 2.12. The summed E-state index contributed by atoms with van der Waals surface area (Å²) in [7, 11) is 0.649. The molecule has 1 aromatic carbocycles. The van der Waals surface area contributed by atoms with E-state index in [0.717, 1.165) is 10.3 Å². The Kier molecular flexibility index (Phi) is 1.88. The van der Waals surface area contributed by atoms with Crippen LogP contribution in [0.2, 0.25) is 0 Å². The van der Waals surface area contributed by atoms with Crippen molar-refractivity contribution in [3.63, 3.8) is 0 Å². The van der Waals surface area contributed by atoms with Crippen LogP contribution in [0, 0.1) is 0 Å². The van der Waals surface area contributed by atoms with Crippen LogP contribution in [0.4, 0.5) is 0 Å². The van der Waals surface area contributed by atoms with Crippen LogP contribution >= 0.6 is 11.8 Å². The number of hydrogen-bond donors (Lipinski definition) is 0. The largest absolute Gasteiger partial charge is 0.262 e. The van der Waals surface area contributed by atoms with E-state index in [4.69, 9.17) is 0 Å². The van der Waals surface area contributed by atoms with Gasteiger partial charge >= 0.3 is 0 Å². The Hall–Kier alpha value is -1.13. The smallest absolute Gasteiger partial charge is 0.153 e. The molecule has 0 saturated heterocycles. The predicted octanol–water partition coefficient (Wildman–Crippen LogP) is 0.596. The van der Waals surface area contributed by atoms with Gasteiger partial charge in [-0.2, -0.15) is 0 Å². The number of nitrogens with zero attached hydrogens (tertiary/aromatic N) is 2. The fraction of sp³-hybridized carbons (Fsp3) is 0. The van der Waals surface area contributed by atoms with Crippen LogP contribution in [-0.4, -0.2) is 19.5 Å². The van der Waals surface area contributed by atoms with Crippen molar-refractivity contribution in [3.8, 4) is 0 Å². The number of benzene rings is 1. The lowest BCUT2D eigenvalue weighted by molar-refractivity contribution is 1.09. The van der Waals surface area contributed by atoms with Crippen LogP contribution in [-0.2, 0) is 0 Å². The van der Waals surface area contributed by atoms with Crippen LogP contribution in [0.1, 0.15) is 0 Å². The van der Waals surface area contributed by atoms with Crippen LogP contribution in [0.5, 0.6) is 0 Å². The van der Waals surface area contributed by atoms with Gasteiger partial charge in [0.05, 0.1) is 5.32 Å². The van der Waals surface area contributed by atoms with Gasteiger partial charge in [-0.05, 0) is 11.3 Å². The average Bonchev–Trinajstić information content (AvgIpc) is 2.26. The molecule has 0 amide bonds. The molecule has 2 heterocycles. The van der Waals surface area contributed by atoms with Gasteiger partial charge in [-0.1, -0.05) is 30.0 Å². The molecule has 0 saturated carbocycles. The quantitative estimate of drug-likeness (QED) is 0.512. The first-order chi connectivity index (χ1) is 6.93. The van der Waals surface area contributed by atoms with E-state index < -0.39 is 0 Å². The normalized spacial score (nSPS) is 13.1. The van der Waals surface area contributed by atoms with Crippen molar-refractivity contribution in [2.45, 2.75) is 9.92 Å². The number of hydrogen-bond acceptors (Lipinski definition) is 3. The zero-order valence-corrected chi connectivity index (χ0v) is 9.08. The van der Waals surface area contributed by atoms with Crippen molar-refractivity contribution in [1.29, 1.82) is 0 Å². The zero-order valence-electron chi connectivity index (χ0n) is 7.27. The van der Waals surface area contributed by atoms with Gasteiger partial charge in [0.2, 0.25) is 0 Å². The molecule has 4 heteroatoms. The van der Waals surface area contributed by atoms with Gasteiger partial charge in [0.25, 0.3) is 0 Å². The molecular weight excluding hydrogens is 208 g/mol. The van der Waals surface area contributed by atoms with Crippen molar-refractivity contribution < 1.29 is 0 Å². The lowest BCUT2D eigenvalue weighted by Crippen LogP contribution is -2.35. The summed E-state index contributed by atoms with van der Waals surface area (Å²) in [5.41, 5.74) is 0. The standard InChI is InChI=1S/C10H6N2SSi/c1-2-4-8-7(3-1)13-9-10(14-8)12-6-5-11-9/h1-6H. The van der Waals surface area contributed by atoms with Gasteiger partial charge in [-0.25, -0.2) is 4.98 Å². The summed E-state index contributed by atoms with van der Waals surface area (Å²) in [6, 6.07) is 8.45. The minimum atomic E-state index is 0.649. The molecule has 3 rings (SSSR count). The van der Waals surface area contributed by atoms with E-state index in [9.17, 15) is 0 Å². The van der Waals surface area contributed by atoms with Gasteiger partial charge in [0, 0.05) is 17.3 Å². The molecule has 0 aliphatic carbocycles. The molecule has 1 aromatic heterocycles. The fourth-order valence-electron chi connectivity index (χ4n) is 1.38. The first-order valence-corrected chi connectivity index (χ1v) is 6.10. The molecule has 66 valence electrons. The highest BCUT2D eigenvalue weighted by atomic mass is 32.2. The van der Waals surface area contributed by atoms with E-state index in [1.165, 1.54) is 10.1 Å². The third-order valence-corrected chi connectivity index (χ3v) is 4.75. The Morgan fingerprint density at radius 3 is 2.93 bits per heavy atom. The summed E-state index contributed by atoms with van der Waals surface area (Å²) in [4.78, 5) is 9.99. The van der Waals surface area contributed by atoms with Crippen molar-refractivity contribution in [3.05, 3.63) is 36.7 Å². The molecule has 14 heavy (non-hydrogen) atoms. The third-order valence-electron chi connectivity index (χ3n) is 2.01. The second kappa shape index (κ2) is 3.22. The van der Waals surface area contributed by atoms with Crippen molar-refractivity contribution in [2.75, 3.05) is 0 Å². The van der Waals surface area contributed by atoms with E-state index in [1.807, 2.05) is 0 Å². The molecule has 0 unspecified atom stereocenters. The van der Waals surface area contributed by atoms with Crippen LogP contribution < -0.4 is 10.5 Å². The Labute approximate surface area is 88.6 Å². The summed E-state index contributed by atoms with van der Waals surface area (Å²) in [5, 5.41) is 3.56. The summed E-state index contributed by atoms with van der Waals surface area (Å²) in [5.74, 6) is 0. The van der Waals surface area contributed by atoms with Crippen LogP contribution in [0.3, 0.4) is 0 Å². The summed E-state index contributed by atoms with van der Waals surface area (Å²) >= 11 is 1.72. The highest BCUT2D eigenvalue weighted by Gasteiger charge is 2.17. The summed E-state index contributed by atoms with van der Waals surface area (Å²) in [6.45, 7) is 0. The van der Waals surface area contributed by atoms with E-state index >= 15 is 0 Å². The number of fused-ring (bicyclic) bond motifs is 2. The molecule has 1 aliphatic heterocycles. The van der Waals surface area contributed by atoms with Gasteiger partial charge in [-0.15, -0.1) is 0 Å². The van der Waals surface area contributed by atoms with Gasteiger partial charge < -0.3 is 0 Å². The minimum absolute atomic E-state index is 0.649. The first kappa shape index (κ1) is 8.20. The second-order valence-corrected chi connectivity index (χ2v) is 5.23. The summed E-state index contributed by atoms with van der Waals surface area (Å²) < 4.78 is 0. The third kappa shape index (κ3) is 1.27. The first-order valence-electron chi connectivity index (χ1n) is 4.28. The monoisotopic (exact) mass is 214 g/mol. The topological polar surface area (TPSA) is 25.8 Å². The predicted molar refractivity (Wildman–Crippen MR) is 57.6 cm³/mol. The summed E-state index contributed by atoms with van der Waals surface area (Å²) in [6.07, 6.45) is 3.52. The van der Waals surface area contributed by atoms with Crippen LogP contribution in [0.25, 0.3) is 0 Å². The zero-order chi connectivity index (χ0) is 9.38. The van der Waals surface area contributed by atoms with Crippen molar-refractivity contribution in [1.82, 2.24) is 9.97 Å². The van der Waals surface area contributed by atoms with E-state index in [-0.39, 0.29) is 0 Å². The second-order valence-electron chi connectivity index (χ2n) is 2.93. The molecule has 2 nitrogen and oxygen atoms in total. The maximum Gasteiger partial charge on any atom is 0.153 e. The van der Waals surface area contributed by atoms with E-state index in [1.54, 1.807) is 24.2 Å². The minimum Gasteiger partial charge on any atom is -0.262 e. The lowest BCUT2D eigenvalue weighted by Gasteiger charge is -2.15. The molecule has 0 spiro atoms. The molecule has 2 radical (unpaired) electrons. The molecule has 0 fully saturated rings. The molecule has 2 aromatic rings. The number of aromatic nitrogens is 2. The van der Waals surface area contributed by atoms with Gasteiger partial charge in [0.1, 0.15) is 5.03 Å². The van der Waals surface area contributed by atoms with Crippen molar-refractivity contribution in [2.24, 2.45) is 0 Å². The maximum absolute atomic E-state index is 4.35. The van der Waals surface area contributed by atoms with E-state index in [0.29, 0.717) is 9.52 Å². The number of rotatable bonds is 0. The Morgan fingerprint density at radius 1 is 1.07 bits per heavy atom. The molecule has 0 bridgehead atoms. The Morgan fingerprint density at radius 2 is 1.93 bits per heavy atom. The molecular formula is C10H6N2SSi. The molecule has 0 atom stereocenters. The highest BCUT2D eigenvalue weighted by molar-refractivity contribution is 7.99. The average molecular weight is 214 g/mol. The molecule has 1 aliphatic rings. The Bertz CT molecular complexity index is 400. The highest BCUT2D eigenvalue weighted by Crippen LogP contribution is 2.24.